The average Bonchev–Trinajstić information content (AvgIpc) is 2.67. The van der Waals surface area contributed by atoms with Gasteiger partial charge in [0.25, 0.3) is 5.91 Å². The average molecular weight is 326 g/mol. The monoisotopic (exact) mass is 325 g/mol. The van der Waals surface area contributed by atoms with Crippen molar-refractivity contribution in [1.29, 1.82) is 0 Å². The lowest BCUT2D eigenvalue weighted by molar-refractivity contribution is 0.0954. The molecule has 2 aromatic rings. The minimum absolute atomic E-state index is 0.221. The Morgan fingerprint density at radius 1 is 1.33 bits per heavy atom. The van der Waals surface area contributed by atoms with Gasteiger partial charge in [-0.25, -0.2) is 0 Å². The Bertz CT molecular complexity index is 680. The molecular formula is C15H17Cl2N3O. The first-order chi connectivity index (χ1) is 9.90. The van der Waals surface area contributed by atoms with Crippen molar-refractivity contribution in [3.63, 3.8) is 0 Å². The Morgan fingerprint density at radius 2 is 2.05 bits per heavy atom. The fourth-order valence-corrected chi connectivity index (χ4v) is 2.62. The summed E-state index contributed by atoms with van der Waals surface area (Å²) in [6.45, 7) is 4.51. The van der Waals surface area contributed by atoms with Crippen LogP contribution in [0, 0.1) is 13.8 Å². The Hall–Kier alpha value is -1.52. The number of amides is 1. The Labute approximate surface area is 134 Å². The number of nitrogens with one attached hydrogen (secondary N) is 1. The lowest BCUT2D eigenvalue weighted by Crippen LogP contribution is -2.26. The number of hydrogen-bond donors (Lipinski definition) is 1. The van der Waals surface area contributed by atoms with Crippen molar-refractivity contribution in [2.45, 2.75) is 20.3 Å². The number of halogens is 2. The molecule has 0 aliphatic rings. The molecule has 6 heteroatoms. The van der Waals surface area contributed by atoms with Crippen molar-refractivity contribution in [3.8, 4) is 0 Å². The van der Waals surface area contributed by atoms with E-state index in [1.54, 1.807) is 18.2 Å². The molecule has 0 atom stereocenters. The SMILES string of the molecule is Cc1nn(C)c(C)c1CCNC(=O)c1cc(Cl)ccc1Cl. The van der Waals surface area contributed by atoms with Crippen LogP contribution >= 0.6 is 23.2 Å². The lowest BCUT2D eigenvalue weighted by Gasteiger charge is -2.07. The molecule has 21 heavy (non-hydrogen) atoms. The molecule has 1 aromatic heterocycles. The van der Waals surface area contributed by atoms with Gasteiger partial charge in [-0.3, -0.25) is 9.48 Å². The van der Waals surface area contributed by atoms with Crippen molar-refractivity contribution in [2.75, 3.05) is 6.54 Å². The van der Waals surface area contributed by atoms with Gasteiger partial charge in [0.2, 0.25) is 0 Å². The van der Waals surface area contributed by atoms with Crippen LogP contribution in [0.25, 0.3) is 0 Å². The fourth-order valence-electron chi connectivity index (χ4n) is 2.25. The number of aromatic nitrogens is 2. The number of carbonyl (C=O) groups is 1. The summed E-state index contributed by atoms with van der Waals surface area (Å²) in [5.41, 5.74) is 3.66. The third-order valence-corrected chi connectivity index (χ3v) is 4.06. The molecule has 4 nitrogen and oxygen atoms in total. The molecule has 0 aliphatic carbocycles. The van der Waals surface area contributed by atoms with Crippen LogP contribution in [-0.4, -0.2) is 22.2 Å². The van der Waals surface area contributed by atoms with Gasteiger partial charge in [-0.05, 0) is 44.0 Å². The second kappa shape index (κ2) is 6.50. The van der Waals surface area contributed by atoms with Crippen molar-refractivity contribution < 1.29 is 4.79 Å². The highest BCUT2D eigenvalue weighted by atomic mass is 35.5. The molecule has 0 saturated carbocycles. The van der Waals surface area contributed by atoms with Crippen LogP contribution in [0.15, 0.2) is 18.2 Å². The first-order valence-corrected chi connectivity index (χ1v) is 7.38. The standard InChI is InChI=1S/C15H17Cl2N3O/c1-9-12(10(2)20(3)19-9)6-7-18-15(21)13-8-11(16)4-5-14(13)17/h4-5,8H,6-7H2,1-3H3,(H,18,21). The van der Waals surface area contributed by atoms with E-state index in [0.29, 0.717) is 22.2 Å². The number of aryl methyl sites for hydroxylation is 2. The van der Waals surface area contributed by atoms with Gasteiger partial charge in [0.05, 0.1) is 16.3 Å². The van der Waals surface area contributed by atoms with Crippen LogP contribution < -0.4 is 5.32 Å². The normalized spacial score (nSPS) is 10.7. The topological polar surface area (TPSA) is 46.9 Å². The number of hydrogen-bond acceptors (Lipinski definition) is 2. The predicted octanol–water partition coefficient (Wildman–Crippen LogP) is 3.32. The molecule has 0 radical (unpaired) electrons. The predicted molar refractivity (Wildman–Crippen MR) is 85.2 cm³/mol. The first kappa shape index (κ1) is 15.9. The molecule has 1 aromatic carbocycles. The summed E-state index contributed by atoms with van der Waals surface area (Å²) in [6, 6.07) is 4.84. The summed E-state index contributed by atoms with van der Waals surface area (Å²) >= 11 is 11.9. The van der Waals surface area contributed by atoms with Crippen molar-refractivity contribution in [2.24, 2.45) is 7.05 Å². The Balaban J connectivity index is 2.00. The molecule has 112 valence electrons. The molecule has 1 amide bonds. The number of benzene rings is 1. The maximum absolute atomic E-state index is 12.1. The van der Waals surface area contributed by atoms with Crippen LogP contribution in [0.2, 0.25) is 10.0 Å². The highest BCUT2D eigenvalue weighted by Gasteiger charge is 2.12. The van der Waals surface area contributed by atoms with Crippen LogP contribution in [0.5, 0.6) is 0 Å². The maximum Gasteiger partial charge on any atom is 0.252 e. The summed E-state index contributed by atoms with van der Waals surface area (Å²) in [6.07, 6.45) is 0.732. The third kappa shape index (κ3) is 3.57. The molecule has 0 unspecified atom stereocenters. The van der Waals surface area contributed by atoms with E-state index in [0.717, 1.165) is 23.4 Å². The Morgan fingerprint density at radius 3 is 2.67 bits per heavy atom. The van der Waals surface area contributed by atoms with E-state index >= 15 is 0 Å². The highest BCUT2D eigenvalue weighted by Crippen LogP contribution is 2.20. The van der Waals surface area contributed by atoms with Crippen LogP contribution in [0.3, 0.4) is 0 Å². The number of carbonyl (C=O) groups excluding carboxylic acids is 1. The largest absolute Gasteiger partial charge is 0.352 e. The van der Waals surface area contributed by atoms with E-state index in [2.05, 4.69) is 10.4 Å². The van der Waals surface area contributed by atoms with Crippen molar-refractivity contribution >= 4 is 29.1 Å². The van der Waals surface area contributed by atoms with E-state index in [4.69, 9.17) is 23.2 Å². The molecule has 0 aliphatic heterocycles. The lowest BCUT2D eigenvalue weighted by atomic mass is 10.1. The fraction of sp³-hybridized carbons (Fsp3) is 0.333. The van der Waals surface area contributed by atoms with Gasteiger partial charge < -0.3 is 5.32 Å². The molecule has 0 fully saturated rings. The van der Waals surface area contributed by atoms with E-state index in [1.165, 1.54) is 0 Å². The van der Waals surface area contributed by atoms with Gasteiger partial charge in [-0.15, -0.1) is 0 Å². The second-order valence-corrected chi connectivity index (χ2v) is 5.75. The van der Waals surface area contributed by atoms with Crippen molar-refractivity contribution in [3.05, 3.63) is 50.8 Å². The number of nitrogens with zero attached hydrogens (tertiary/aromatic N) is 2. The van der Waals surface area contributed by atoms with Gasteiger partial charge >= 0.3 is 0 Å². The van der Waals surface area contributed by atoms with E-state index in [9.17, 15) is 4.79 Å². The molecule has 0 bridgehead atoms. The minimum atomic E-state index is -0.221. The molecule has 1 heterocycles. The summed E-state index contributed by atoms with van der Waals surface area (Å²) in [5, 5.41) is 8.10. The zero-order valence-electron chi connectivity index (χ0n) is 12.2. The number of rotatable bonds is 4. The zero-order chi connectivity index (χ0) is 15.6. The van der Waals surface area contributed by atoms with Gasteiger partial charge in [0, 0.05) is 24.3 Å². The van der Waals surface area contributed by atoms with Gasteiger partial charge in [0.1, 0.15) is 0 Å². The van der Waals surface area contributed by atoms with E-state index in [-0.39, 0.29) is 5.91 Å². The van der Waals surface area contributed by atoms with Gasteiger partial charge in [0.15, 0.2) is 0 Å². The second-order valence-electron chi connectivity index (χ2n) is 4.90. The smallest absolute Gasteiger partial charge is 0.252 e. The molecular weight excluding hydrogens is 309 g/mol. The van der Waals surface area contributed by atoms with Crippen LogP contribution in [0.4, 0.5) is 0 Å². The van der Waals surface area contributed by atoms with E-state index < -0.39 is 0 Å². The van der Waals surface area contributed by atoms with E-state index in [1.807, 2.05) is 25.6 Å². The summed E-state index contributed by atoms with van der Waals surface area (Å²) in [7, 11) is 1.91. The Kier molecular flexibility index (Phi) is 4.91. The van der Waals surface area contributed by atoms with Crippen LogP contribution in [-0.2, 0) is 13.5 Å². The summed E-state index contributed by atoms with van der Waals surface area (Å²) in [5.74, 6) is -0.221. The quantitative estimate of drug-likeness (QED) is 0.937. The first-order valence-electron chi connectivity index (χ1n) is 6.62. The highest BCUT2D eigenvalue weighted by molar-refractivity contribution is 6.35. The summed E-state index contributed by atoms with van der Waals surface area (Å²) in [4.78, 5) is 12.1. The molecule has 2 rings (SSSR count). The molecule has 1 N–H and O–H groups in total. The van der Waals surface area contributed by atoms with Gasteiger partial charge in [-0.2, -0.15) is 5.10 Å². The third-order valence-electron chi connectivity index (χ3n) is 3.49. The van der Waals surface area contributed by atoms with Crippen LogP contribution in [0.1, 0.15) is 27.3 Å². The van der Waals surface area contributed by atoms with Crippen molar-refractivity contribution in [1.82, 2.24) is 15.1 Å². The molecule has 0 spiro atoms. The van der Waals surface area contributed by atoms with Gasteiger partial charge in [-0.1, -0.05) is 23.2 Å². The zero-order valence-corrected chi connectivity index (χ0v) is 13.7. The minimum Gasteiger partial charge on any atom is -0.352 e. The molecule has 0 saturated heterocycles. The summed E-state index contributed by atoms with van der Waals surface area (Å²) < 4.78 is 1.85. The maximum atomic E-state index is 12.1.